The lowest BCUT2D eigenvalue weighted by molar-refractivity contribution is -0.126. The van der Waals surface area contributed by atoms with Crippen LogP contribution < -0.4 is 10.6 Å². The van der Waals surface area contributed by atoms with Crippen molar-refractivity contribution in [1.29, 1.82) is 0 Å². The number of rotatable bonds is 6. The average molecular weight is 370 g/mol. The molecule has 22 heavy (non-hydrogen) atoms. The number of nitrogens with one attached hydrogen (secondary N) is 2. The van der Waals surface area contributed by atoms with E-state index in [0.29, 0.717) is 12.2 Å². The van der Waals surface area contributed by atoms with Crippen LogP contribution in [0.2, 0.25) is 0 Å². The van der Waals surface area contributed by atoms with Crippen molar-refractivity contribution in [3.63, 3.8) is 0 Å². The van der Waals surface area contributed by atoms with E-state index in [-0.39, 0.29) is 18.2 Å². The molecule has 6 nitrogen and oxygen atoms in total. The molecular formula is C15H20BrN3O3. The first-order valence-electron chi connectivity index (χ1n) is 7.26. The molecule has 2 rings (SSSR count). The monoisotopic (exact) mass is 369 g/mol. The van der Waals surface area contributed by atoms with Crippen LogP contribution in [0.4, 0.5) is 5.69 Å². The molecule has 0 aliphatic carbocycles. The maximum Gasteiger partial charge on any atom is 0.233 e. The molecule has 1 aromatic carbocycles. The van der Waals surface area contributed by atoms with Crippen molar-refractivity contribution in [2.45, 2.75) is 6.42 Å². The number of hydrogen-bond donors (Lipinski definition) is 2. The lowest BCUT2D eigenvalue weighted by Crippen LogP contribution is -2.41. The first-order valence-corrected chi connectivity index (χ1v) is 8.05. The average Bonchev–Trinajstić information content (AvgIpc) is 2.50. The number of amides is 2. The second kappa shape index (κ2) is 8.87. The van der Waals surface area contributed by atoms with Gasteiger partial charge in [0.05, 0.1) is 13.2 Å². The van der Waals surface area contributed by atoms with Crippen LogP contribution >= 0.6 is 15.9 Å². The Morgan fingerprint density at radius 1 is 1.14 bits per heavy atom. The summed E-state index contributed by atoms with van der Waals surface area (Å²) in [6.45, 7) is 4.58. The largest absolute Gasteiger partial charge is 0.379 e. The first-order chi connectivity index (χ1) is 10.6. The standard InChI is InChI=1S/C15H20BrN3O3/c16-12-1-3-13(4-2-12)18-15(21)11-14(20)17-5-6-19-7-9-22-10-8-19/h1-4H,5-11H2,(H,17,20)(H,18,21). The van der Waals surface area contributed by atoms with E-state index in [4.69, 9.17) is 4.74 Å². The van der Waals surface area contributed by atoms with Gasteiger partial charge in [-0.1, -0.05) is 15.9 Å². The van der Waals surface area contributed by atoms with E-state index in [1.165, 1.54) is 0 Å². The number of carbonyl (C=O) groups is 2. The molecule has 0 atom stereocenters. The molecular weight excluding hydrogens is 350 g/mol. The van der Waals surface area contributed by atoms with Gasteiger partial charge < -0.3 is 15.4 Å². The Morgan fingerprint density at radius 2 is 1.82 bits per heavy atom. The number of anilines is 1. The summed E-state index contributed by atoms with van der Waals surface area (Å²) in [6.07, 6.45) is -0.167. The van der Waals surface area contributed by atoms with Crippen molar-refractivity contribution in [3.05, 3.63) is 28.7 Å². The van der Waals surface area contributed by atoms with Crippen molar-refractivity contribution in [3.8, 4) is 0 Å². The Balaban J connectivity index is 1.63. The van der Waals surface area contributed by atoms with E-state index in [2.05, 4.69) is 31.5 Å². The van der Waals surface area contributed by atoms with Crippen LogP contribution in [0.1, 0.15) is 6.42 Å². The fourth-order valence-corrected chi connectivity index (χ4v) is 2.39. The summed E-state index contributed by atoms with van der Waals surface area (Å²) in [5.41, 5.74) is 0.675. The zero-order valence-electron chi connectivity index (χ0n) is 12.3. The van der Waals surface area contributed by atoms with E-state index in [1.54, 1.807) is 12.1 Å². The van der Waals surface area contributed by atoms with Crippen molar-refractivity contribution >= 4 is 33.4 Å². The summed E-state index contributed by atoms with van der Waals surface area (Å²) in [5, 5.41) is 5.46. The highest BCUT2D eigenvalue weighted by Crippen LogP contribution is 2.14. The third-order valence-corrected chi connectivity index (χ3v) is 3.83. The van der Waals surface area contributed by atoms with Crippen molar-refractivity contribution < 1.29 is 14.3 Å². The number of nitrogens with zero attached hydrogens (tertiary/aromatic N) is 1. The molecule has 0 unspecified atom stereocenters. The number of carbonyl (C=O) groups excluding carboxylic acids is 2. The fraction of sp³-hybridized carbons (Fsp3) is 0.467. The SMILES string of the molecule is O=C(CC(=O)Nc1ccc(Br)cc1)NCCN1CCOCC1. The van der Waals surface area contributed by atoms with E-state index in [0.717, 1.165) is 37.3 Å². The summed E-state index contributed by atoms with van der Waals surface area (Å²) >= 11 is 3.32. The van der Waals surface area contributed by atoms with Crippen LogP contribution in [0.15, 0.2) is 28.7 Å². The number of benzene rings is 1. The summed E-state index contributed by atoms with van der Waals surface area (Å²) < 4.78 is 6.20. The number of ether oxygens (including phenoxy) is 1. The summed E-state index contributed by atoms with van der Waals surface area (Å²) in [7, 11) is 0. The van der Waals surface area contributed by atoms with Crippen LogP contribution in [0.5, 0.6) is 0 Å². The van der Waals surface area contributed by atoms with Crippen molar-refractivity contribution in [2.75, 3.05) is 44.7 Å². The summed E-state index contributed by atoms with van der Waals surface area (Å²) in [6, 6.07) is 7.21. The number of halogens is 1. The van der Waals surface area contributed by atoms with E-state index in [9.17, 15) is 9.59 Å². The predicted molar refractivity (Wildman–Crippen MR) is 87.7 cm³/mol. The molecule has 0 radical (unpaired) electrons. The van der Waals surface area contributed by atoms with Gasteiger partial charge >= 0.3 is 0 Å². The molecule has 2 N–H and O–H groups in total. The van der Waals surface area contributed by atoms with Gasteiger partial charge in [-0.3, -0.25) is 14.5 Å². The summed E-state index contributed by atoms with van der Waals surface area (Å²) in [4.78, 5) is 25.7. The fourth-order valence-electron chi connectivity index (χ4n) is 2.12. The molecule has 1 aromatic rings. The van der Waals surface area contributed by atoms with Gasteiger partial charge in [0.1, 0.15) is 6.42 Å². The van der Waals surface area contributed by atoms with E-state index in [1.807, 2.05) is 12.1 Å². The van der Waals surface area contributed by atoms with Crippen LogP contribution in [0.25, 0.3) is 0 Å². The molecule has 1 heterocycles. The molecule has 1 aliphatic heterocycles. The van der Waals surface area contributed by atoms with Gasteiger partial charge in [-0.15, -0.1) is 0 Å². The quantitative estimate of drug-likeness (QED) is 0.739. The van der Waals surface area contributed by atoms with Gasteiger partial charge in [-0.25, -0.2) is 0 Å². The minimum Gasteiger partial charge on any atom is -0.379 e. The highest BCUT2D eigenvalue weighted by atomic mass is 79.9. The number of morpholine rings is 1. The molecule has 0 aromatic heterocycles. The minimum atomic E-state index is -0.314. The van der Waals surface area contributed by atoms with Crippen LogP contribution in [-0.4, -0.2) is 56.1 Å². The Labute approximate surface area is 138 Å². The van der Waals surface area contributed by atoms with Crippen LogP contribution in [-0.2, 0) is 14.3 Å². The molecule has 0 spiro atoms. The maximum atomic E-state index is 11.8. The van der Waals surface area contributed by atoms with Gasteiger partial charge in [-0.2, -0.15) is 0 Å². The normalized spacial score (nSPS) is 15.3. The van der Waals surface area contributed by atoms with Gasteiger partial charge in [0, 0.05) is 36.3 Å². The first kappa shape index (κ1) is 16.9. The maximum absolute atomic E-state index is 11.8. The van der Waals surface area contributed by atoms with Crippen molar-refractivity contribution in [2.24, 2.45) is 0 Å². The Hall–Kier alpha value is -1.44. The van der Waals surface area contributed by atoms with Gasteiger partial charge in [-0.05, 0) is 24.3 Å². The number of hydrogen-bond acceptors (Lipinski definition) is 4. The smallest absolute Gasteiger partial charge is 0.233 e. The Kier molecular flexibility index (Phi) is 6.82. The molecule has 0 saturated carbocycles. The third-order valence-electron chi connectivity index (χ3n) is 3.30. The zero-order chi connectivity index (χ0) is 15.8. The van der Waals surface area contributed by atoms with Crippen LogP contribution in [0, 0.1) is 0 Å². The molecule has 1 fully saturated rings. The molecule has 0 bridgehead atoms. The molecule has 1 saturated heterocycles. The lowest BCUT2D eigenvalue weighted by Gasteiger charge is -2.26. The zero-order valence-corrected chi connectivity index (χ0v) is 13.9. The highest BCUT2D eigenvalue weighted by molar-refractivity contribution is 9.10. The van der Waals surface area contributed by atoms with Gasteiger partial charge in [0.25, 0.3) is 0 Å². The minimum absolute atomic E-state index is 0.167. The molecule has 2 amide bonds. The Morgan fingerprint density at radius 3 is 2.50 bits per heavy atom. The molecule has 7 heteroatoms. The predicted octanol–water partition coefficient (Wildman–Crippen LogP) is 1.23. The molecule has 120 valence electrons. The third kappa shape index (κ3) is 6.13. The highest BCUT2D eigenvalue weighted by Gasteiger charge is 2.12. The lowest BCUT2D eigenvalue weighted by atomic mass is 10.3. The van der Waals surface area contributed by atoms with E-state index >= 15 is 0 Å². The topological polar surface area (TPSA) is 70.7 Å². The summed E-state index contributed by atoms with van der Waals surface area (Å²) in [5.74, 6) is -0.575. The van der Waals surface area contributed by atoms with E-state index < -0.39 is 0 Å². The van der Waals surface area contributed by atoms with Crippen molar-refractivity contribution in [1.82, 2.24) is 10.2 Å². The van der Waals surface area contributed by atoms with Gasteiger partial charge in [0.15, 0.2) is 0 Å². The second-order valence-electron chi connectivity index (χ2n) is 5.04. The second-order valence-corrected chi connectivity index (χ2v) is 5.95. The van der Waals surface area contributed by atoms with Gasteiger partial charge in [0.2, 0.25) is 11.8 Å². The Bertz CT molecular complexity index is 501. The van der Waals surface area contributed by atoms with Crippen LogP contribution in [0.3, 0.4) is 0 Å². The molecule has 1 aliphatic rings.